The van der Waals surface area contributed by atoms with Crippen LogP contribution < -0.4 is 10.6 Å². The molecule has 220 valence electrons. The molecule has 12 nitrogen and oxygen atoms in total. The van der Waals surface area contributed by atoms with Crippen LogP contribution in [0.5, 0.6) is 0 Å². The monoisotopic (exact) mass is 617 g/mol. The van der Waals surface area contributed by atoms with Crippen molar-refractivity contribution in [3.8, 4) is 0 Å². The van der Waals surface area contributed by atoms with E-state index in [4.69, 9.17) is 45.3 Å². The maximum Gasteiger partial charge on any atom is 0.409 e. The average molecular weight is 619 g/mol. The molecule has 2 aliphatic heterocycles. The molecule has 0 radical (unpaired) electrons. The lowest BCUT2D eigenvalue weighted by Gasteiger charge is -2.48. The van der Waals surface area contributed by atoms with Crippen LogP contribution in [0.3, 0.4) is 0 Å². The molecule has 2 amide bonds. The minimum atomic E-state index is -1.44. The average Bonchev–Trinajstić information content (AvgIpc) is 3.41. The second-order valence-corrected chi connectivity index (χ2v) is 10.9. The fourth-order valence-corrected chi connectivity index (χ4v) is 5.57. The summed E-state index contributed by atoms with van der Waals surface area (Å²) in [5.41, 5.74) is 0.702. The van der Waals surface area contributed by atoms with Crippen LogP contribution in [0.4, 0.5) is 4.79 Å². The van der Waals surface area contributed by atoms with Gasteiger partial charge in [0, 0.05) is 26.2 Å². The lowest BCUT2D eigenvalue weighted by Crippen LogP contribution is -2.68. The summed E-state index contributed by atoms with van der Waals surface area (Å²) in [6.07, 6.45) is 0.900. The Morgan fingerprint density at radius 3 is 2.33 bits per heavy atom. The predicted molar refractivity (Wildman–Crippen MR) is 152 cm³/mol. The van der Waals surface area contributed by atoms with E-state index in [-0.39, 0.29) is 37.1 Å². The van der Waals surface area contributed by atoms with E-state index in [9.17, 15) is 24.3 Å². The molecule has 0 spiro atoms. The number of nitrogens with zero attached hydrogens (tertiary/aromatic N) is 3. The van der Waals surface area contributed by atoms with Gasteiger partial charge in [0.05, 0.1) is 42.1 Å². The highest BCUT2D eigenvalue weighted by Gasteiger charge is 2.42. The number of carbonyl (C=O) groups excluding carboxylic acids is 2. The van der Waals surface area contributed by atoms with Crippen molar-refractivity contribution in [2.24, 2.45) is 0 Å². The number of piperazine rings is 1. The van der Waals surface area contributed by atoms with Crippen LogP contribution >= 0.6 is 35.4 Å². The van der Waals surface area contributed by atoms with Gasteiger partial charge in [0.2, 0.25) is 5.91 Å². The van der Waals surface area contributed by atoms with Gasteiger partial charge in [-0.05, 0) is 55.8 Å². The van der Waals surface area contributed by atoms with Crippen molar-refractivity contribution in [2.45, 2.75) is 43.8 Å². The molecule has 0 unspecified atom stereocenters. The van der Waals surface area contributed by atoms with Crippen LogP contribution in [0.1, 0.15) is 24.8 Å². The molecule has 0 saturated carbocycles. The minimum Gasteiger partial charge on any atom is -0.481 e. The first-order valence-corrected chi connectivity index (χ1v) is 14.0. The number of methoxy groups -OCH3 is 1. The summed E-state index contributed by atoms with van der Waals surface area (Å²) in [7, 11) is 1.28. The highest BCUT2D eigenvalue weighted by atomic mass is 35.5. The molecule has 2 aliphatic rings. The third kappa shape index (κ3) is 8.56. The number of carbonyl (C=O) groups is 4. The Morgan fingerprint density at radius 1 is 1.05 bits per heavy atom. The lowest BCUT2D eigenvalue weighted by atomic mass is 9.99. The molecule has 2 saturated heterocycles. The SMILES string of the molecule is COC(=O)N1CCN(C(=O)Cc2ccc(Cl)c(Cl)c2)[C@H](CN2CCCC2)[C@@H]1CNC(=S)N[C@H](CC(=O)O)C(=O)O. The molecule has 3 atom stereocenters. The largest absolute Gasteiger partial charge is 0.481 e. The Labute approximate surface area is 247 Å². The van der Waals surface area contributed by atoms with Gasteiger partial charge in [-0.15, -0.1) is 0 Å². The Morgan fingerprint density at radius 2 is 1.73 bits per heavy atom. The molecule has 15 heteroatoms. The van der Waals surface area contributed by atoms with Crippen LogP contribution in [0, 0.1) is 0 Å². The van der Waals surface area contributed by atoms with E-state index < -0.39 is 42.6 Å². The van der Waals surface area contributed by atoms with Crippen LogP contribution in [-0.2, 0) is 25.5 Å². The number of halogens is 2. The number of nitrogens with one attached hydrogen (secondary N) is 2. The molecule has 0 bridgehead atoms. The molecule has 40 heavy (non-hydrogen) atoms. The molecule has 4 N–H and O–H groups in total. The number of rotatable bonds is 10. The van der Waals surface area contributed by atoms with E-state index in [1.165, 1.54) is 12.0 Å². The van der Waals surface area contributed by atoms with Gasteiger partial charge in [0.15, 0.2) is 5.11 Å². The highest BCUT2D eigenvalue weighted by Crippen LogP contribution is 2.25. The van der Waals surface area contributed by atoms with Crippen LogP contribution in [0.15, 0.2) is 18.2 Å². The number of thiocarbonyl (C=S) groups is 1. The van der Waals surface area contributed by atoms with Crippen molar-refractivity contribution < 1.29 is 34.1 Å². The van der Waals surface area contributed by atoms with Gasteiger partial charge >= 0.3 is 18.0 Å². The normalized spacial score (nSPS) is 20.1. The zero-order valence-corrected chi connectivity index (χ0v) is 24.3. The van der Waals surface area contributed by atoms with E-state index in [0.717, 1.165) is 25.9 Å². The topological polar surface area (TPSA) is 152 Å². The molecule has 2 fully saturated rings. The number of carboxylic acid groups (broad SMARTS) is 2. The summed E-state index contributed by atoms with van der Waals surface area (Å²) in [6, 6.07) is 2.57. The van der Waals surface area contributed by atoms with Gasteiger partial charge < -0.3 is 35.4 Å². The van der Waals surface area contributed by atoms with Crippen LogP contribution in [0.25, 0.3) is 0 Å². The third-order valence-electron chi connectivity index (χ3n) is 6.99. The molecule has 2 heterocycles. The number of hydrogen-bond acceptors (Lipinski definition) is 7. The predicted octanol–water partition coefficient (Wildman–Crippen LogP) is 1.67. The van der Waals surface area contributed by atoms with Gasteiger partial charge in [-0.25, -0.2) is 9.59 Å². The Bertz CT molecular complexity index is 1120. The molecule has 0 aromatic heterocycles. The van der Waals surface area contributed by atoms with Gasteiger partial charge in [0.1, 0.15) is 6.04 Å². The maximum absolute atomic E-state index is 13.6. The fraction of sp³-hybridized carbons (Fsp3) is 0.560. The number of ether oxygens (including phenoxy) is 1. The standard InChI is InChI=1S/C25H33Cl2N5O7S/c1-39-25(38)32-9-8-31(21(33)11-15-4-5-16(26)17(27)10-15)20(14-30-6-2-3-7-30)19(32)13-28-24(40)29-18(23(36)37)12-22(34)35/h4-5,10,18-20H,2-3,6-9,11-14H2,1H3,(H,34,35)(H,36,37)(H2,28,29,40)/t18-,19+,20-/m1/s1. The quantitative estimate of drug-likeness (QED) is 0.284. The zero-order valence-electron chi connectivity index (χ0n) is 22.0. The summed E-state index contributed by atoms with van der Waals surface area (Å²) < 4.78 is 5.02. The van der Waals surface area contributed by atoms with Crippen molar-refractivity contribution in [1.82, 2.24) is 25.3 Å². The lowest BCUT2D eigenvalue weighted by molar-refractivity contribution is -0.145. The second kappa shape index (κ2) is 14.7. The summed E-state index contributed by atoms with van der Waals surface area (Å²) in [6.45, 7) is 2.78. The third-order valence-corrected chi connectivity index (χ3v) is 7.99. The molecule has 1 aromatic rings. The van der Waals surface area contributed by atoms with E-state index in [1.807, 2.05) is 0 Å². The van der Waals surface area contributed by atoms with Crippen molar-refractivity contribution in [3.63, 3.8) is 0 Å². The van der Waals surface area contributed by atoms with Gasteiger partial charge in [-0.3, -0.25) is 14.5 Å². The first-order chi connectivity index (χ1) is 19.0. The maximum atomic E-state index is 13.6. The molecule has 1 aromatic carbocycles. The van der Waals surface area contributed by atoms with Crippen molar-refractivity contribution >= 4 is 64.5 Å². The minimum absolute atomic E-state index is 0.0649. The number of aliphatic carboxylic acids is 2. The Kier molecular flexibility index (Phi) is 11.6. The van der Waals surface area contributed by atoms with Crippen molar-refractivity contribution in [3.05, 3.63) is 33.8 Å². The molecular formula is C25H33Cl2N5O7S. The summed E-state index contributed by atoms with van der Waals surface area (Å²) in [5.74, 6) is -2.81. The summed E-state index contributed by atoms with van der Waals surface area (Å²) in [5, 5.41) is 24.4. The fourth-order valence-electron chi connectivity index (χ4n) is 5.02. The van der Waals surface area contributed by atoms with E-state index in [2.05, 4.69) is 15.5 Å². The Hall–Kier alpha value is -2.87. The zero-order chi connectivity index (χ0) is 29.4. The van der Waals surface area contributed by atoms with Crippen LogP contribution in [0.2, 0.25) is 10.0 Å². The summed E-state index contributed by atoms with van der Waals surface area (Å²) in [4.78, 5) is 54.4. The molecule has 0 aliphatic carbocycles. The number of benzene rings is 1. The van der Waals surface area contributed by atoms with E-state index >= 15 is 0 Å². The molecular weight excluding hydrogens is 585 g/mol. The first kappa shape index (κ1) is 31.7. The first-order valence-electron chi connectivity index (χ1n) is 12.8. The van der Waals surface area contributed by atoms with Gasteiger partial charge in [-0.2, -0.15) is 0 Å². The van der Waals surface area contributed by atoms with Gasteiger partial charge in [0.25, 0.3) is 0 Å². The van der Waals surface area contributed by atoms with Crippen molar-refractivity contribution in [2.75, 3.05) is 46.4 Å². The number of carboxylic acids is 2. The highest BCUT2D eigenvalue weighted by molar-refractivity contribution is 7.80. The number of hydrogen-bond donors (Lipinski definition) is 4. The van der Waals surface area contributed by atoms with Crippen molar-refractivity contribution in [1.29, 1.82) is 0 Å². The Balaban J connectivity index is 1.83. The van der Waals surface area contributed by atoms with E-state index in [0.29, 0.717) is 22.2 Å². The second-order valence-electron chi connectivity index (χ2n) is 9.66. The van der Waals surface area contributed by atoms with Crippen LogP contribution in [-0.4, -0.2) is 118 Å². The number of amides is 2. The number of likely N-dealkylation sites (tertiary alicyclic amines) is 1. The smallest absolute Gasteiger partial charge is 0.409 e. The van der Waals surface area contributed by atoms with E-state index in [1.54, 1.807) is 23.1 Å². The van der Waals surface area contributed by atoms with Gasteiger partial charge in [-0.1, -0.05) is 29.3 Å². The molecule has 3 rings (SSSR count). The summed E-state index contributed by atoms with van der Waals surface area (Å²) >= 11 is 17.4.